The molecule has 11 heteroatoms. The topological polar surface area (TPSA) is 162 Å². The zero-order valence-corrected chi connectivity index (χ0v) is 22.6. The molecule has 0 spiro atoms. The van der Waals surface area contributed by atoms with Crippen molar-refractivity contribution in [1.29, 1.82) is 0 Å². The number of hydrogen-bond acceptors (Lipinski definition) is 8. The van der Waals surface area contributed by atoms with Crippen LogP contribution < -0.4 is 10.6 Å². The highest BCUT2D eigenvalue weighted by molar-refractivity contribution is 6.43. The van der Waals surface area contributed by atoms with Crippen LogP contribution in [-0.2, 0) is 22.4 Å². The number of Topliss-reactive ketones (excluding diaryl/α,β-unsaturated/α-hetero) is 1. The van der Waals surface area contributed by atoms with Crippen LogP contribution in [0, 0.1) is 11.8 Å². The van der Waals surface area contributed by atoms with E-state index >= 15 is 0 Å². The zero-order valence-electron chi connectivity index (χ0n) is 22.6. The predicted octanol–water partition coefficient (Wildman–Crippen LogP) is 1.88. The molecule has 0 saturated heterocycles. The fraction of sp³-hybridized carbons (Fsp3) is 0.345. The molecular weight excluding hydrogens is 511 g/mol. The number of carbonyl (C=O) groups excluding carboxylic acids is 3. The number of phenolic OH excluding ortho intramolecular Hbond substituents is 1. The lowest BCUT2D eigenvalue weighted by Crippen LogP contribution is -2.50. The van der Waals surface area contributed by atoms with Crippen molar-refractivity contribution in [2.75, 3.05) is 0 Å². The number of rotatable bonds is 14. The Bertz CT molecular complexity index is 1240. The highest BCUT2D eigenvalue weighted by Crippen LogP contribution is 2.19. The number of aromatic nitrogens is 2. The van der Waals surface area contributed by atoms with E-state index in [0.29, 0.717) is 12.0 Å². The molecule has 1 heterocycles. The standard InChI is InChI=1S/C29H35BN4O6/c1-19(2)14-27(30(39)40)34-28(37)22(15-21-8-10-23(35)11-9-21)17-26(36)24(16-20-6-4-3-5-7-20)33-29(38)25-18-31-12-13-32-25/h3-13,18-19,22,24,27,35,39-40H,14-17H2,1-2H3,(H,33,38)(H,34,37)/t22-,24+,27+/m1/s1. The number of nitrogens with zero attached hydrogens (tertiary/aromatic N) is 2. The van der Waals surface area contributed by atoms with Crippen molar-refractivity contribution in [3.8, 4) is 5.75 Å². The fourth-order valence-corrected chi connectivity index (χ4v) is 4.37. The predicted molar refractivity (Wildman–Crippen MR) is 150 cm³/mol. The maximum Gasteiger partial charge on any atom is 0.475 e. The fourth-order valence-electron chi connectivity index (χ4n) is 4.37. The lowest BCUT2D eigenvalue weighted by atomic mass is 9.74. The van der Waals surface area contributed by atoms with E-state index in [1.165, 1.54) is 30.7 Å². The number of phenols is 1. The Kier molecular flexibility index (Phi) is 11.3. The Hall–Kier alpha value is -4.09. The normalized spacial score (nSPS) is 13.2. The summed E-state index contributed by atoms with van der Waals surface area (Å²) in [6.45, 7) is 3.79. The Morgan fingerprint density at radius 2 is 1.57 bits per heavy atom. The van der Waals surface area contributed by atoms with E-state index < -0.39 is 36.8 Å². The van der Waals surface area contributed by atoms with Crippen molar-refractivity contribution in [1.82, 2.24) is 20.6 Å². The SMILES string of the molecule is CC(C)C[C@H](NC(=O)[C@@H](CC(=O)[C@H](Cc1ccccc1)NC(=O)c1cnccn1)Cc1ccc(O)cc1)B(O)O. The molecule has 5 N–H and O–H groups in total. The monoisotopic (exact) mass is 546 g/mol. The van der Waals surface area contributed by atoms with Gasteiger partial charge in [0.05, 0.1) is 18.2 Å². The largest absolute Gasteiger partial charge is 0.508 e. The Balaban J connectivity index is 1.85. The molecular formula is C29H35BN4O6. The third-order valence-corrected chi connectivity index (χ3v) is 6.42. The molecule has 2 amide bonds. The number of hydrogen-bond donors (Lipinski definition) is 5. The van der Waals surface area contributed by atoms with Crippen molar-refractivity contribution < 1.29 is 29.5 Å². The number of benzene rings is 2. The van der Waals surface area contributed by atoms with Gasteiger partial charge in [-0.25, -0.2) is 4.98 Å². The number of nitrogens with one attached hydrogen (secondary N) is 2. The maximum absolute atomic E-state index is 13.7. The van der Waals surface area contributed by atoms with E-state index in [1.54, 1.807) is 12.1 Å². The smallest absolute Gasteiger partial charge is 0.475 e. The minimum absolute atomic E-state index is 0.0557. The van der Waals surface area contributed by atoms with Crippen LogP contribution in [0.4, 0.5) is 0 Å². The van der Waals surface area contributed by atoms with E-state index in [0.717, 1.165) is 5.56 Å². The molecule has 0 bridgehead atoms. The summed E-state index contributed by atoms with van der Waals surface area (Å²) >= 11 is 0. The molecule has 0 fully saturated rings. The Labute approximate surface area is 234 Å². The van der Waals surface area contributed by atoms with Crippen LogP contribution in [0.15, 0.2) is 73.2 Å². The van der Waals surface area contributed by atoms with E-state index in [-0.39, 0.29) is 42.4 Å². The first-order valence-corrected chi connectivity index (χ1v) is 13.2. The molecule has 0 radical (unpaired) electrons. The van der Waals surface area contributed by atoms with Gasteiger partial charge >= 0.3 is 7.12 Å². The van der Waals surface area contributed by atoms with Gasteiger partial charge in [0.25, 0.3) is 5.91 Å². The zero-order chi connectivity index (χ0) is 29.1. The van der Waals surface area contributed by atoms with Crippen LogP contribution in [-0.4, -0.2) is 61.8 Å². The van der Waals surface area contributed by atoms with E-state index in [4.69, 9.17) is 0 Å². The summed E-state index contributed by atoms with van der Waals surface area (Å²) in [4.78, 5) is 47.9. The molecule has 1 aromatic heterocycles. The van der Waals surface area contributed by atoms with Gasteiger partial charge in [-0.05, 0) is 48.4 Å². The quantitative estimate of drug-likeness (QED) is 0.192. The van der Waals surface area contributed by atoms with Gasteiger partial charge in [-0.3, -0.25) is 19.4 Å². The minimum atomic E-state index is -1.77. The maximum atomic E-state index is 13.7. The van der Waals surface area contributed by atoms with Crippen LogP contribution in [0.3, 0.4) is 0 Å². The summed E-state index contributed by atoms with van der Waals surface area (Å²) < 4.78 is 0. The van der Waals surface area contributed by atoms with Crippen LogP contribution in [0.25, 0.3) is 0 Å². The van der Waals surface area contributed by atoms with Gasteiger partial charge in [-0.2, -0.15) is 0 Å². The molecule has 3 rings (SSSR count). The third kappa shape index (κ3) is 9.58. The highest BCUT2D eigenvalue weighted by Gasteiger charge is 2.32. The first-order chi connectivity index (χ1) is 19.1. The summed E-state index contributed by atoms with van der Waals surface area (Å²) in [6.07, 6.45) is 4.58. The van der Waals surface area contributed by atoms with Crippen LogP contribution in [0.1, 0.15) is 48.3 Å². The van der Waals surface area contributed by atoms with Crippen LogP contribution in [0.5, 0.6) is 5.75 Å². The molecule has 0 aliphatic rings. The summed E-state index contributed by atoms with van der Waals surface area (Å²) in [5, 5.41) is 34.8. The number of aromatic hydroxyl groups is 1. The molecule has 0 unspecified atom stereocenters. The lowest BCUT2D eigenvalue weighted by Gasteiger charge is -2.25. The number of carbonyl (C=O) groups is 3. The van der Waals surface area contributed by atoms with Gasteiger partial charge in [0.2, 0.25) is 5.91 Å². The molecule has 0 aliphatic carbocycles. The van der Waals surface area contributed by atoms with Gasteiger partial charge in [-0.1, -0.05) is 56.3 Å². The summed E-state index contributed by atoms with van der Waals surface area (Å²) in [5.41, 5.74) is 1.58. The Morgan fingerprint density at radius 1 is 0.900 bits per heavy atom. The van der Waals surface area contributed by atoms with E-state index in [1.807, 2.05) is 44.2 Å². The van der Waals surface area contributed by atoms with Crippen molar-refractivity contribution in [3.05, 3.63) is 90.0 Å². The molecule has 3 aromatic rings. The van der Waals surface area contributed by atoms with Crippen molar-refractivity contribution in [2.24, 2.45) is 11.8 Å². The first-order valence-electron chi connectivity index (χ1n) is 13.2. The van der Waals surface area contributed by atoms with Crippen molar-refractivity contribution in [2.45, 2.75) is 51.5 Å². The van der Waals surface area contributed by atoms with Crippen molar-refractivity contribution >= 4 is 24.7 Å². The molecule has 10 nitrogen and oxygen atoms in total. The minimum Gasteiger partial charge on any atom is -0.508 e. The van der Waals surface area contributed by atoms with Gasteiger partial charge in [0.1, 0.15) is 11.4 Å². The second-order valence-corrected chi connectivity index (χ2v) is 10.2. The van der Waals surface area contributed by atoms with Gasteiger partial charge in [-0.15, -0.1) is 0 Å². The average molecular weight is 546 g/mol. The van der Waals surface area contributed by atoms with Crippen LogP contribution in [0.2, 0.25) is 0 Å². The molecule has 40 heavy (non-hydrogen) atoms. The third-order valence-electron chi connectivity index (χ3n) is 6.42. The lowest BCUT2D eigenvalue weighted by molar-refractivity contribution is -0.130. The Morgan fingerprint density at radius 3 is 2.17 bits per heavy atom. The van der Waals surface area contributed by atoms with E-state index in [9.17, 15) is 29.5 Å². The molecule has 0 aliphatic heterocycles. The van der Waals surface area contributed by atoms with Gasteiger partial charge in [0.15, 0.2) is 5.78 Å². The molecule has 210 valence electrons. The summed E-state index contributed by atoms with van der Waals surface area (Å²) in [6, 6.07) is 14.5. The summed E-state index contributed by atoms with van der Waals surface area (Å²) in [7, 11) is -1.77. The first kappa shape index (κ1) is 30.5. The second kappa shape index (κ2) is 14.9. The highest BCUT2D eigenvalue weighted by atomic mass is 16.4. The van der Waals surface area contributed by atoms with E-state index in [2.05, 4.69) is 20.6 Å². The van der Waals surface area contributed by atoms with Crippen molar-refractivity contribution in [3.63, 3.8) is 0 Å². The van der Waals surface area contributed by atoms with Crippen LogP contribution >= 0.6 is 0 Å². The summed E-state index contributed by atoms with van der Waals surface area (Å²) in [5.74, 6) is -3.10. The average Bonchev–Trinajstić information content (AvgIpc) is 2.93. The number of ketones is 1. The number of amides is 2. The molecule has 3 atom stereocenters. The molecule has 0 saturated carbocycles. The second-order valence-electron chi connectivity index (χ2n) is 10.2. The molecule has 2 aromatic carbocycles. The van der Waals surface area contributed by atoms with Gasteiger partial charge in [0, 0.05) is 24.7 Å². The van der Waals surface area contributed by atoms with Gasteiger partial charge < -0.3 is 25.8 Å².